The minimum atomic E-state index is -0.121. The van der Waals surface area contributed by atoms with E-state index in [1.54, 1.807) is 24.0 Å². The van der Waals surface area contributed by atoms with Gasteiger partial charge in [0.15, 0.2) is 6.61 Å². The van der Waals surface area contributed by atoms with Crippen LogP contribution >= 0.6 is 0 Å². The first kappa shape index (κ1) is 10.4. The number of carbonyl (C=O) groups excluding carboxylic acids is 1. The standard InChI is InChI=1S/C12H12N2O2/c1-14-8-7-11(13-14)12(15)9-16-10-5-3-2-4-6-10/h2-8H,9H2,1H3. The van der Waals surface area contributed by atoms with Crippen molar-refractivity contribution in [3.8, 4) is 5.75 Å². The molecular weight excluding hydrogens is 204 g/mol. The lowest BCUT2D eigenvalue weighted by molar-refractivity contribution is 0.0916. The Morgan fingerprint density at radius 3 is 2.69 bits per heavy atom. The molecule has 0 unspecified atom stereocenters. The maximum atomic E-state index is 11.6. The number of benzene rings is 1. The Hall–Kier alpha value is -2.10. The van der Waals surface area contributed by atoms with Crippen molar-refractivity contribution in [2.75, 3.05) is 6.61 Å². The number of hydrogen-bond acceptors (Lipinski definition) is 3. The van der Waals surface area contributed by atoms with E-state index in [0.29, 0.717) is 11.4 Å². The van der Waals surface area contributed by atoms with Gasteiger partial charge in [-0.15, -0.1) is 0 Å². The molecule has 1 aromatic carbocycles. The molecule has 0 radical (unpaired) electrons. The fourth-order valence-corrected chi connectivity index (χ4v) is 1.30. The van der Waals surface area contributed by atoms with Gasteiger partial charge >= 0.3 is 0 Å². The van der Waals surface area contributed by atoms with Crippen LogP contribution in [0, 0.1) is 0 Å². The molecule has 4 nitrogen and oxygen atoms in total. The van der Waals surface area contributed by atoms with Crippen LogP contribution in [0.15, 0.2) is 42.6 Å². The second-order valence-electron chi connectivity index (χ2n) is 3.40. The molecule has 0 saturated heterocycles. The molecule has 0 bridgehead atoms. The molecular formula is C12H12N2O2. The van der Waals surface area contributed by atoms with Crippen LogP contribution in [0.5, 0.6) is 5.75 Å². The lowest BCUT2D eigenvalue weighted by Gasteiger charge is -2.03. The predicted octanol–water partition coefficient (Wildman–Crippen LogP) is 1.68. The number of para-hydroxylation sites is 1. The summed E-state index contributed by atoms with van der Waals surface area (Å²) in [6, 6.07) is 10.9. The summed E-state index contributed by atoms with van der Waals surface area (Å²) in [7, 11) is 1.77. The predicted molar refractivity (Wildman–Crippen MR) is 59.5 cm³/mol. The highest BCUT2D eigenvalue weighted by atomic mass is 16.5. The summed E-state index contributed by atoms with van der Waals surface area (Å²) in [5.41, 5.74) is 0.429. The van der Waals surface area contributed by atoms with Gasteiger partial charge in [-0.25, -0.2) is 0 Å². The highest BCUT2D eigenvalue weighted by molar-refractivity contribution is 5.95. The molecule has 0 amide bonds. The monoisotopic (exact) mass is 216 g/mol. The minimum absolute atomic E-state index is 0.0149. The summed E-state index contributed by atoms with van der Waals surface area (Å²) in [6.45, 7) is 0.0149. The molecule has 0 saturated carbocycles. The third-order valence-electron chi connectivity index (χ3n) is 2.11. The summed E-state index contributed by atoms with van der Waals surface area (Å²) in [5.74, 6) is 0.566. The van der Waals surface area contributed by atoms with Gasteiger partial charge in [0.2, 0.25) is 5.78 Å². The number of ketones is 1. The third-order valence-corrected chi connectivity index (χ3v) is 2.11. The minimum Gasteiger partial charge on any atom is -0.485 e. The van der Waals surface area contributed by atoms with Gasteiger partial charge in [-0.3, -0.25) is 9.48 Å². The topological polar surface area (TPSA) is 44.1 Å². The molecule has 0 spiro atoms. The second kappa shape index (κ2) is 4.61. The Kier molecular flexibility index (Phi) is 3.00. The molecule has 82 valence electrons. The molecule has 2 rings (SSSR count). The first-order valence-corrected chi connectivity index (χ1v) is 4.96. The van der Waals surface area contributed by atoms with Gasteiger partial charge < -0.3 is 4.74 Å². The maximum Gasteiger partial charge on any atom is 0.220 e. The van der Waals surface area contributed by atoms with E-state index in [-0.39, 0.29) is 12.4 Å². The lowest BCUT2D eigenvalue weighted by Crippen LogP contribution is -2.12. The van der Waals surface area contributed by atoms with Crippen LogP contribution in [0.25, 0.3) is 0 Å². The molecule has 2 aromatic rings. The first-order valence-electron chi connectivity index (χ1n) is 4.96. The summed E-state index contributed by atoms with van der Waals surface area (Å²) >= 11 is 0. The quantitative estimate of drug-likeness (QED) is 0.730. The SMILES string of the molecule is Cn1ccc(C(=O)COc2ccccc2)n1. The molecule has 0 N–H and O–H groups in total. The van der Waals surface area contributed by atoms with Crippen LogP contribution in [0.2, 0.25) is 0 Å². The zero-order valence-electron chi connectivity index (χ0n) is 8.96. The summed E-state index contributed by atoms with van der Waals surface area (Å²) < 4.78 is 6.93. The molecule has 1 aromatic heterocycles. The summed E-state index contributed by atoms with van der Waals surface area (Å²) in [4.78, 5) is 11.6. The Balaban J connectivity index is 1.94. The van der Waals surface area contributed by atoms with Crippen LogP contribution in [0.3, 0.4) is 0 Å². The lowest BCUT2D eigenvalue weighted by atomic mass is 10.3. The fourth-order valence-electron chi connectivity index (χ4n) is 1.30. The van der Waals surface area contributed by atoms with Crippen LogP contribution in [-0.2, 0) is 7.05 Å². The Labute approximate surface area is 93.5 Å². The van der Waals surface area contributed by atoms with Crippen molar-refractivity contribution in [3.05, 3.63) is 48.3 Å². The first-order chi connectivity index (χ1) is 7.75. The van der Waals surface area contributed by atoms with Gasteiger partial charge in [-0.05, 0) is 18.2 Å². The van der Waals surface area contributed by atoms with Gasteiger partial charge in [0.25, 0.3) is 0 Å². The number of rotatable bonds is 4. The molecule has 0 aliphatic rings. The van der Waals surface area contributed by atoms with Crippen LogP contribution in [0.1, 0.15) is 10.5 Å². The fraction of sp³-hybridized carbons (Fsp3) is 0.167. The zero-order chi connectivity index (χ0) is 11.4. The van der Waals surface area contributed by atoms with Gasteiger partial charge in [-0.2, -0.15) is 5.10 Å². The van der Waals surface area contributed by atoms with Crippen LogP contribution in [0.4, 0.5) is 0 Å². The Morgan fingerprint density at radius 2 is 2.06 bits per heavy atom. The number of hydrogen-bond donors (Lipinski definition) is 0. The second-order valence-corrected chi connectivity index (χ2v) is 3.40. The molecule has 0 aliphatic heterocycles. The van der Waals surface area contributed by atoms with Crippen molar-refractivity contribution in [3.63, 3.8) is 0 Å². The van der Waals surface area contributed by atoms with E-state index in [2.05, 4.69) is 5.10 Å². The van der Waals surface area contributed by atoms with E-state index in [0.717, 1.165) is 0 Å². The number of Topliss-reactive ketones (excluding diaryl/α,β-unsaturated/α-hetero) is 1. The van der Waals surface area contributed by atoms with Crippen LogP contribution < -0.4 is 4.74 Å². The Morgan fingerprint density at radius 1 is 1.31 bits per heavy atom. The van der Waals surface area contributed by atoms with E-state index in [1.165, 1.54) is 0 Å². The van der Waals surface area contributed by atoms with E-state index < -0.39 is 0 Å². The van der Waals surface area contributed by atoms with Crippen molar-refractivity contribution < 1.29 is 9.53 Å². The van der Waals surface area contributed by atoms with E-state index in [4.69, 9.17) is 4.74 Å². The highest BCUT2D eigenvalue weighted by Crippen LogP contribution is 2.08. The van der Waals surface area contributed by atoms with E-state index >= 15 is 0 Å². The van der Waals surface area contributed by atoms with Crippen molar-refractivity contribution in [2.45, 2.75) is 0 Å². The van der Waals surface area contributed by atoms with E-state index in [9.17, 15) is 4.79 Å². The number of aryl methyl sites for hydroxylation is 1. The number of nitrogens with zero attached hydrogens (tertiary/aromatic N) is 2. The third kappa shape index (κ3) is 2.48. The Bertz CT molecular complexity index is 477. The molecule has 0 aliphatic carbocycles. The van der Waals surface area contributed by atoms with E-state index in [1.807, 2.05) is 30.3 Å². The number of aromatic nitrogens is 2. The summed E-state index contributed by atoms with van der Waals surface area (Å²) in [5, 5.41) is 4.01. The zero-order valence-corrected chi connectivity index (χ0v) is 8.96. The number of ether oxygens (including phenoxy) is 1. The van der Waals surface area contributed by atoms with Crippen molar-refractivity contribution in [2.24, 2.45) is 7.05 Å². The smallest absolute Gasteiger partial charge is 0.220 e. The largest absolute Gasteiger partial charge is 0.485 e. The molecule has 16 heavy (non-hydrogen) atoms. The van der Waals surface area contributed by atoms with Crippen molar-refractivity contribution >= 4 is 5.78 Å². The van der Waals surface area contributed by atoms with Gasteiger partial charge in [0, 0.05) is 13.2 Å². The summed E-state index contributed by atoms with van der Waals surface area (Å²) in [6.07, 6.45) is 1.73. The van der Waals surface area contributed by atoms with Crippen molar-refractivity contribution in [1.29, 1.82) is 0 Å². The molecule has 1 heterocycles. The van der Waals surface area contributed by atoms with Gasteiger partial charge in [0.05, 0.1) is 0 Å². The highest BCUT2D eigenvalue weighted by Gasteiger charge is 2.09. The maximum absolute atomic E-state index is 11.6. The molecule has 4 heteroatoms. The van der Waals surface area contributed by atoms with Crippen LogP contribution in [-0.4, -0.2) is 22.2 Å². The van der Waals surface area contributed by atoms with Gasteiger partial charge in [0.1, 0.15) is 11.4 Å². The average molecular weight is 216 g/mol. The molecule has 0 fully saturated rings. The normalized spacial score (nSPS) is 10.1. The van der Waals surface area contributed by atoms with Gasteiger partial charge in [-0.1, -0.05) is 18.2 Å². The number of carbonyl (C=O) groups is 1. The average Bonchev–Trinajstić information content (AvgIpc) is 2.74. The van der Waals surface area contributed by atoms with Crippen molar-refractivity contribution in [1.82, 2.24) is 9.78 Å². The molecule has 0 atom stereocenters.